The van der Waals surface area contributed by atoms with E-state index in [0.29, 0.717) is 6.61 Å². The van der Waals surface area contributed by atoms with Crippen LogP contribution < -0.4 is 4.74 Å². The summed E-state index contributed by atoms with van der Waals surface area (Å²) in [4.78, 5) is 12.9. The summed E-state index contributed by atoms with van der Waals surface area (Å²) >= 11 is 0. The van der Waals surface area contributed by atoms with Crippen LogP contribution in [-0.4, -0.2) is 42.7 Å². The van der Waals surface area contributed by atoms with Crippen molar-refractivity contribution in [1.29, 1.82) is 0 Å². The molecule has 0 saturated heterocycles. The van der Waals surface area contributed by atoms with Gasteiger partial charge in [-0.25, -0.2) is 0 Å². The fraction of sp³-hybridized carbons (Fsp3) is 0.562. The number of rotatable bonds is 8. The lowest BCUT2D eigenvalue weighted by atomic mass is 9.85. The van der Waals surface area contributed by atoms with Crippen LogP contribution in [-0.2, 0) is 11.2 Å². The quantitative estimate of drug-likeness (QED) is 0.793. The van der Waals surface area contributed by atoms with Crippen LogP contribution in [0.4, 0.5) is 0 Å². The minimum atomic E-state index is -0.809. The van der Waals surface area contributed by atoms with E-state index in [1.54, 1.807) is 0 Å². The third-order valence-electron chi connectivity index (χ3n) is 3.82. The molecule has 1 saturated carbocycles. The van der Waals surface area contributed by atoms with Gasteiger partial charge in [0.25, 0.3) is 0 Å². The summed E-state index contributed by atoms with van der Waals surface area (Å²) in [5.41, 5.74) is 0.798. The number of ether oxygens (including phenoxy) is 1. The predicted molar refractivity (Wildman–Crippen MR) is 78.1 cm³/mol. The van der Waals surface area contributed by atoms with Crippen molar-refractivity contribution in [3.05, 3.63) is 29.8 Å². The summed E-state index contributed by atoms with van der Waals surface area (Å²) in [6.45, 7) is 2.76. The summed E-state index contributed by atoms with van der Waals surface area (Å²) < 4.78 is 5.68. The zero-order chi connectivity index (χ0) is 14.4. The predicted octanol–water partition coefficient (Wildman–Crippen LogP) is 2.42. The van der Waals surface area contributed by atoms with Gasteiger partial charge in [-0.05, 0) is 43.5 Å². The molecule has 1 fully saturated rings. The zero-order valence-corrected chi connectivity index (χ0v) is 12.0. The number of carboxylic acids is 1. The highest BCUT2D eigenvalue weighted by atomic mass is 16.5. The number of hydrogen-bond donors (Lipinski definition) is 1. The average Bonchev–Trinajstić information content (AvgIpc) is 2.35. The Labute approximate surface area is 120 Å². The average molecular weight is 277 g/mol. The molecule has 0 heterocycles. The molecule has 0 spiro atoms. The topological polar surface area (TPSA) is 49.8 Å². The summed E-state index contributed by atoms with van der Waals surface area (Å²) in [5.74, 6) is 0.878. The highest BCUT2D eigenvalue weighted by Gasteiger charge is 2.18. The molecule has 1 aliphatic rings. The Balaban J connectivity index is 1.66. The molecule has 4 heteroatoms. The number of carbonyl (C=O) groups is 1. The summed E-state index contributed by atoms with van der Waals surface area (Å²) in [6.07, 6.45) is 4.19. The smallest absolute Gasteiger partial charge is 0.307 e. The largest absolute Gasteiger partial charge is 0.492 e. The molecule has 4 nitrogen and oxygen atoms in total. The molecule has 0 amide bonds. The first-order valence-corrected chi connectivity index (χ1v) is 7.25. The van der Waals surface area contributed by atoms with E-state index in [2.05, 4.69) is 11.9 Å². The summed E-state index contributed by atoms with van der Waals surface area (Å²) in [6, 6.07) is 7.29. The molecule has 0 radical (unpaired) electrons. The van der Waals surface area contributed by atoms with Crippen molar-refractivity contribution >= 4 is 5.97 Å². The van der Waals surface area contributed by atoms with Crippen molar-refractivity contribution in [2.24, 2.45) is 5.92 Å². The molecular formula is C16H23NO3. The van der Waals surface area contributed by atoms with Gasteiger partial charge in [-0.2, -0.15) is 0 Å². The van der Waals surface area contributed by atoms with Crippen LogP contribution in [0.1, 0.15) is 24.8 Å². The molecule has 20 heavy (non-hydrogen) atoms. The molecule has 2 rings (SSSR count). The van der Waals surface area contributed by atoms with Gasteiger partial charge in [-0.15, -0.1) is 0 Å². The Morgan fingerprint density at radius 3 is 2.60 bits per heavy atom. The highest BCUT2D eigenvalue weighted by Crippen LogP contribution is 2.26. The number of carboxylic acid groups (broad SMARTS) is 1. The lowest BCUT2D eigenvalue weighted by Crippen LogP contribution is -2.32. The fourth-order valence-corrected chi connectivity index (χ4v) is 2.40. The standard InChI is InChI=1S/C16H23NO3/c1-17(12-14-3-2-4-14)9-10-20-15-7-5-13(6-8-15)11-16(18)19/h5-8,14H,2-4,9-12H2,1H3,(H,18,19). The van der Waals surface area contributed by atoms with Gasteiger partial charge in [-0.3, -0.25) is 4.79 Å². The second kappa shape index (κ2) is 7.29. The van der Waals surface area contributed by atoms with Crippen LogP contribution in [0, 0.1) is 5.92 Å². The second-order valence-electron chi connectivity index (χ2n) is 5.62. The molecule has 1 aliphatic carbocycles. The van der Waals surface area contributed by atoms with Crippen LogP contribution in [0.25, 0.3) is 0 Å². The second-order valence-corrected chi connectivity index (χ2v) is 5.62. The van der Waals surface area contributed by atoms with Crippen LogP contribution in [0.2, 0.25) is 0 Å². The zero-order valence-electron chi connectivity index (χ0n) is 12.0. The Morgan fingerprint density at radius 2 is 2.05 bits per heavy atom. The first-order valence-electron chi connectivity index (χ1n) is 7.25. The van der Waals surface area contributed by atoms with Crippen molar-refractivity contribution in [1.82, 2.24) is 4.90 Å². The monoisotopic (exact) mass is 277 g/mol. The fourth-order valence-electron chi connectivity index (χ4n) is 2.40. The molecule has 110 valence electrons. The lowest BCUT2D eigenvalue weighted by molar-refractivity contribution is -0.136. The first kappa shape index (κ1) is 14.9. The van der Waals surface area contributed by atoms with E-state index in [4.69, 9.17) is 9.84 Å². The van der Waals surface area contributed by atoms with Gasteiger partial charge in [0.05, 0.1) is 6.42 Å². The van der Waals surface area contributed by atoms with E-state index in [9.17, 15) is 4.79 Å². The minimum absolute atomic E-state index is 0.0599. The maximum absolute atomic E-state index is 10.6. The van der Waals surface area contributed by atoms with Gasteiger partial charge in [0.15, 0.2) is 0 Å². The van der Waals surface area contributed by atoms with Crippen molar-refractivity contribution < 1.29 is 14.6 Å². The Kier molecular flexibility index (Phi) is 5.41. The molecule has 1 aromatic rings. The third kappa shape index (κ3) is 4.85. The minimum Gasteiger partial charge on any atom is -0.492 e. The van der Waals surface area contributed by atoms with E-state index < -0.39 is 5.97 Å². The Hall–Kier alpha value is -1.55. The van der Waals surface area contributed by atoms with Crippen molar-refractivity contribution in [2.75, 3.05) is 26.7 Å². The lowest BCUT2D eigenvalue weighted by Gasteiger charge is -2.30. The number of benzene rings is 1. The molecule has 0 aromatic heterocycles. The molecule has 0 unspecified atom stereocenters. The van der Waals surface area contributed by atoms with Crippen LogP contribution >= 0.6 is 0 Å². The summed E-state index contributed by atoms with van der Waals surface area (Å²) in [5, 5.41) is 8.70. The van der Waals surface area contributed by atoms with Gasteiger partial charge in [-0.1, -0.05) is 18.6 Å². The van der Waals surface area contributed by atoms with E-state index in [-0.39, 0.29) is 6.42 Å². The molecule has 1 aromatic carbocycles. The van der Waals surface area contributed by atoms with Crippen molar-refractivity contribution in [3.8, 4) is 5.75 Å². The summed E-state index contributed by atoms with van der Waals surface area (Å²) in [7, 11) is 2.14. The van der Waals surface area contributed by atoms with E-state index in [1.807, 2.05) is 24.3 Å². The van der Waals surface area contributed by atoms with Gasteiger partial charge in [0, 0.05) is 13.1 Å². The number of nitrogens with zero attached hydrogens (tertiary/aromatic N) is 1. The van der Waals surface area contributed by atoms with E-state index in [1.165, 1.54) is 25.8 Å². The number of hydrogen-bond acceptors (Lipinski definition) is 3. The molecule has 1 N–H and O–H groups in total. The third-order valence-corrected chi connectivity index (χ3v) is 3.82. The number of aliphatic carboxylic acids is 1. The Bertz CT molecular complexity index is 426. The van der Waals surface area contributed by atoms with Gasteiger partial charge in [0.2, 0.25) is 0 Å². The normalized spacial score (nSPS) is 15.1. The van der Waals surface area contributed by atoms with E-state index >= 15 is 0 Å². The van der Waals surface area contributed by atoms with Crippen LogP contribution in [0.5, 0.6) is 5.75 Å². The SMILES string of the molecule is CN(CCOc1ccc(CC(=O)O)cc1)CC1CCC1. The Morgan fingerprint density at radius 1 is 1.35 bits per heavy atom. The van der Waals surface area contributed by atoms with Crippen molar-refractivity contribution in [2.45, 2.75) is 25.7 Å². The maximum Gasteiger partial charge on any atom is 0.307 e. The molecule has 0 bridgehead atoms. The van der Waals surface area contributed by atoms with E-state index in [0.717, 1.165) is 23.8 Å². The number of likely N-dealkylation sites (N-methyl/N-ethyl adjacent to an activating group) is 1. The van der Waals surface area contributed by atoms with Crippen LogP contribution in [0.3, 0.4) is 0 Å². The van der Waals surface area contributed by atoms with Gasteiger partial charge >= 0.3 is 5.97 Å². The highest BCUT2D eigenvalue weighted by molar-refractivity contribution is 5.70. The van der Waals surface area contributed by atoms with Crippen molar-refractivity contribution in [3.63, 3.8) is 0 Å². The molecule has 0 atom stereocenters. The first-order chi connectivity index (χ1) is 9.63. The maximum atomic E-state index is 10.6. The van der Waals surface area contributed by atoms with Crippen LogP contribution in [0.15, 0.2) is 24.3 Å². The molecule has 0 aliphatic heterocycles. The van der Waals surface area contributed by atoms with Gasteiger partial charge in [0.1, 0.15) is 12.4 Å². The van der Waals surface area contributed by atoms with Gasteiger partial charge < -0.3 is 14.7 Å². The molecular weight excluding hydrogens is 254 g/mol.